The van der Waals surface area contributed by atoms with Gasteiger partial charge in [-0.2, -0.15) is 0 Å². The van der Waals surface area contributed by atoms with E-state index < -0.39 is 11.4 Å². The van der Waals surface area contributed by atoms with E-state index in [1.807, 2.05) is 26.0 Å². The van der Waals surface area contributed by atoms with Gasteiger partial charge in [-0.15, -0.1) is 0 Å². The third-order valence-electron chi connectivity index (χ3n) is 4.11. The van der Waals surface area contributed by atoms with Crippen LogP contribution in [0.4, 0.5) is 0 Å². The second-order valence-electron chi connectivity index (χ2n) is 5.59. The van der Waals surface area contributed by atoms with Crippen LogP contribution in [-0.4, -0.2) is 35.0 Å². The molecule has 1 amide bonds. The lowest BCUT2D eigenvalue weighted by molar-refractivity contribution is -0.147. The lowest BCUT2D eigenvalue weighted by Gasteiger charge is -2.21. The molecule has 0 aliphatic carbocycles. The Morgan fingerprint density at radius 3 is 2.58 bits per heavy atom. The summed E-state index contributed by atoms with van der Waals surface area (Å²) in [5, 5.41) is 9.20. The SMILES string of the molecule is Cc1cccc(C(=O)N2CC[C@](C)(C(=O)O)C2)c1C. The fourth-order valence-corrected chi connectivity index (χ4v) is 2.46. The van der Waals surface area contributed by atoms with Gasteiger partial charge in [-0.3, -0.25) is 9.59 Å². The number of rotatable bonds is 2. The van der Waals surface area contributed by atoms with Gasteiger partial charge in [0.2, 0.25) is 0 Å². The summed E-state index contributed by atoms with van der Waals surface area (Å²) >= 11 is 0. The molecule has 1 aliphatic heterocycles. The second kappa shape index (κ2) is 4.68. The first-order valence-corrected chi connectivity index (χ1v) is 6.44. The van der Waals surface area contributed by atoms with E-state index in [4.69, 9.17) is 0 Å². The highest BCUT2D eigenvalue weighted by Gasteiger charge is 2.42. The van der Waals surface area contributed by atoms with Crippen LogP contribution in [0.2, 0.25) is 0 Å². The molecule has 2 rings (SSSR count). The van der Waals surface area contributed by atoms with Crippen molar-refractivity contribution in [2.24, 2.45) is 5.41 Å². The van der Waals surface area contributed by atoms with Gasteiger partial charge in [-0.05, 0) is 44.4 Å². The van der Waals surface area contributed by atoms with Gasteiger partial charge < -0.3 is 10.0 Å². The lowest BCUT2D eigenvalue weighted by atomic mass is 9.90. The molecule has 1 N–H and O–H groups in total. The number of nitrogens with zero attached hydrogens (tertiary/aromatic N) is 1. The highest BCUT2D eigenvalue weighted by atomic mass is 16.4. The van der Waals surface area contributed by atoms with Crippen LogP contribution in [0.15, 0.2) is 18.2 Å². The summed E-state index contributed by atoms with van der Waals surface area (Å²) < 4.78 is 0. The zero-order chi connectivity index (χ0) is 14.2. The van der Waals surface area contributed by atoms with Crippen LogP contribution in [0.3, 0.4) is 0 Å². The minimum atomic E-state index is -0.830. The zero-order valence-corrected chi connectivity index (χ0v) is 11.6. The molecule has 1 fully saturated rings. The van der Waals surface area contributed by atoms with Crippen LogP contribution in [0.25, 0.3) is 0 Å². The molecule has 0 spiro atoms. The van der Waals surface area contributed by atoms with Crippen molar-refractivity contribution in [2.75, 3.05) is 13.1 Å². The summed E-state index contributed by atoms with van der Waals surface area (Å²) in [6, 6.07) is 5.64. The van der Waals surface area contributed by atoms with Gasteiger partial charge in [-0.25, -0.2) is 0 Å². The van der Waals surface area contributed by atoms with Gasteiger partial charge in [0.15, 0.2) is 0 Å². The van der Waals surface area contributed by atoms with Gasteiger partial charge in [-0.1, -0.05) is 12.1 Å². The molecule has 1 saturated heterocycles. The topological polar surface area (TPSA) is 57.6 Å². The third-order valence-corrected chi connectivity index (χ3v) is 4.11. The van der Waals surface area contributed by atoms with Crippen molar-refractivity contribution in [3.8, 4) is 0 Å². The summed E-state index contributed by atoms with van der Waals surface area (Å²) in [6.07, 6.45) is 0.513. The molecule has 1 atom stereocenters. The summed E-state index contributed by atoms with van der Waals surface area (Å²) in [5.74, 6) is -0.894. The lowest BCUT2D eigenvalue weighted by Crippen LogP contribution is -2.35. The average molecular weight is 261 g/mol. The number of hydrogen-bond donors (Lipinski definition) is 1. The number of likely N-dealkylation sites (tertiary alicyclic amines) is 1. The maximum absolute atomic E-state index is 12.5. The smallest absolute Gasteiger partial charge is 0.311 e. The van der Waals surface area contributed by atoms with E-state index in [-0.39, 0.29) is 12.5 Å². The van der Waals surface area contributed by atoms with Crippen LogP contribution in [0.5, 0.6) is 0 Å². The van der Waals surface area contributed by atoms with Crippen molar-refractivity contribution >= 4 is 11.9 Å². The molecule has 0 unspecified atom stereocenters. The summed E-state index contributed by atoms with van der Waals surface area (Å²) in [4.78, 5) is 25.3. The Morgan fingerprint density at radius 1 is 1.32 bits per heavy atom. The standard InChI is InChI=1S/C15H19NO3/c1-10-5-4-6-12(11(10)2)13(17)16-8-7-15(3,9-16)14(18)19/h4-6H,7-9H2,1-3H3,(H,18,19)/t15-/m0/s1. The van der Waals surface area contributed by atoms with Crippen molar-refractivity contribution in [2.45, 2.75) is 27.2 Å². The number of benzene rings is 1. The minimum Gasteiger partial charge on any atom is -0.481 e. The van der Waals surface area contributed by atoms with E-state index in [1.54, 1.807) is 17.9 Å². The first kappa shape index (κ1) is 13.6. The van der Waals surface area contributed by atoms with E-state index >= 15 is 0 Å². The molecule has 19 heavy (non-hydrogen) atoms. The second-order valence-corrected chi connectivity index (χ2v) is 5.59. The van der Waals surface area contributed by atoms with Crippen molar-refractivity contribution in [3.63, 3.8) is 0 Å². The molecule has 0 bridgehead atoms. The summed E-state index contributed by atoms with van der Waals surface area (Å²) in [6.45, 7) is 6.39. The summed E-state index contributed by atoms with van der Waals surface area (Å²) in [5.41, 5.74) is 1.91. The molecule has 4 nitrogen and oxygen atoms in total. The number of carboxylic acids is 1. The number of carboxylic acid groups (broad SMARTS) is 1. The van der Waals surface area contributed by atoms with Crippen LogP contribution in [0, 0.1) is 19.3 Å². The molecule has 1 heterocycles. The Kier molecular flexibility index (Phi) is 3.35. The van der Waals surface area contributed by atoms with Gasteiger partial charge >= 0.3 is 5.97 Å². The van der Waals surface area contributed by atoms with E-state index in [9.17, 15) is 14.7 Å². The minimum absolute atomic E-state index is 0.0637. The van der Waals surface area contributed by atoms with Crippen molar-refractivity contribution in [1.29, 1.82) is 0 Å². The first-order chi connectivity index (χ1) is 8.85. The quantitative estimate of drug-likeness (QED) is 0.888. The number of hydrogen-bond acceptors (Lipinski definition) is 2. The highest BCUT2D eigenvalue weighted by molar-refractivity contribution is 5.96. The maximum Gasteiger partial charge on any atom is 0.311 e. The fourth-order valence-electron chi connectivity index (χ4n) is 2.46. The maximum atomic E-state index is 12.5. The van der Waals surface area contributed by atoms with Crippen molar-refractivity contribution in [3.05, 3.63) is 34.9 Å². The van der Waals surface area contributed by atoms with E-state index in [1.165, 1.54) is 0 Å². The van der Waals surface area contributed by atoms with Crippen LogP contribution in [0.1, 0.15) is 34.8 Å². The fraction of sp³-hybridized carbons (Fsp3) is 0.467. The average Bonchev–Trinajstić information content (AvgIpc) is 2.76. The highest BCUT2D eigenvalue weighted by Crippen LogP contribution is 2.31. The van der Waals surface area contributed by atoms with Crippen molar-refractivity contribution in [1.82, 2.24) is 4.90 Å². The number of aliphatic carboxylic acids is 1. The first-order valence-electron chi connectivity index (χ1n) is 6.44. The number of amides is 1. The Bertz CT molecular complexity index is 538. The summed E-state index contributed by atoms with van der Waals surface area (Å²) in [7, 11) is 0. The van der Waals surface area contributed by atoms with Gasteiger partial charge in [0.25, 0.3) is 5.91 Å². The van der Waals surface area contributed by atoms with Gasteiger partial charge in [0.05, 0.1) is 5.41 Å². The Morgan fingerprint density at radius 2 is 2.00 bits per heavy atom. The number of aryl methyl sites for hydroxylation is 1. The predicted molar refractivity (Wildman–Crippen MR) is 72.2 cm³/mol. The molecule has 0 radical (unpaired) electrons. The number of carbonyl (C=O) groups is 2. The molecule has 1 aromatic carbocycles. The third kappa shape index (κ3) is 2.35. The van der Waals surface area contributed by atoms with Crippen molar-refractivity contribution < 1.29 is 14.7 Å². The molecular weight excluding hydrogens is 242 g/mol. The molecule has 4 heteroatoms. The predicted octanol–water partition coefficient (Wildman–Crippen LogP) is 2.24. The van der Waals surface area contributed by atoms with E-state index in [0.717, 1.165) is 11.1 Å². The van der Waals surface area contributed by atoms with Crippen LogP contribution < -0.4 is 0 Å². The van der Waals surface area contributed by atoms with E-state index in [2.05, 4.69) is 0 Å². The van der Waals surface area contributed by atoms with Gasteiger partial charge in [0.1, 0.15) is 0 Å². The molecule has 0 saturated carbocycles. The number of carbonyl (C=O) groups excluding carboxylic acids is 1. The Labute approximate surface area is 113 Å². The normalized spacial score (nSPS) is 22.6. The zero-order valence-electron chi connectivity index (χ0n) is 11.6. The molecular formula is C15H19NO3. The molecule has 0 aromatic heterocycles. The molecule has 1 aromatic rings. The molecule has 102 valence electrons. The Hall–Kier alpha value is -1.84. The Balaban J connectivity index is 2.23. The van der Waals surface area contributed by atoms with Crippen LogP contribution in [-0.2, 0) is 4.79 Å². The largest absolute Gasteiger partial charge is 0.481 e. The molecule has 1 aliphatic rings. The monoisotopic (exact) mass is 261 g/mol. The van der Waals surface area contributed by atoms with Crippen LogP contribution >= 0.6 is 0 Å². The van der Waals surface area contributed by atoms with E-state index in [0.29, 0.717) is 18.5 Å². The van der Waals surface area contributed by atoms with Gasteiger partial charge in [0, 0.05) is 18.7 Å².